The fourth-order valence-corrected chi connectivity index (χ4v) is 4.80. The molecule has 0 bridgehead atoms. The van der Waals surface area contributed by atoms with E-state index in [1.54, 1.807) is 36.4 Å². The lowest BCUT2D eigenvalue weighted by Crippen LogP contribution is -2.24. The Morgan fingerprint density at radius 3 is 2.12 bits per heavy atom. The number of benzene rings is 4. The first-order valence-corrected chi connectivity index (χ1v) is 13.8. The molecule has 0 radical (unpaired) electrons. The number of aromatic nitrogens is 2. The van der Waals surface area contributed by atoms with E-state index in [-0.39, 0.29) is 12.3 Å². The molecule has 0 spiro atoms. The lowest BCUT2D eigenvalue weighted by Gasteiger charge is -2.09. The minimum atomic E-state index is -0.493. The van der Waals surface area contributed by atoms with Gasteiger partial charge in [-0.05, 0) is 48.2 Å². The molecule has 9 nitrogen and oxygen atoms in total. The van der Waals surface area contributed by atoms with Crippen LogP contribution in [0.4, 0.5) is 5.69 Å². The maximum absolute atomic E-state index is 12.1. The van der Waals surface area contributed by atoms with Gasteiger partial charge in [-0.2, -0.15) is 5.10 Å². The van der Waals surface area contributed by atoms with Crippen LogP contribution in [0.2, 0.25) is 5.02 Å². The van der Waals surface area contributed by atoms with Crippen molar-refractivity contribution in [2.24, 2.45) is 5.10 Å². The molecule has 0 unspecified atom stereocenters. The van der Waals surface area contributed by atoms with Gasteiger partial charge in [-0.3, -0.25) is 14.9 Å². The predicted molar refractivity (Wildman–Crippen MR) is 163 cm³/mol. The van der Waals surface area contributed by atoms with E-state index in [1.807, 2.05) is 66.7 Å². The molecule has 0 aliphatic heterocycles. The molecule has 0 saturated carbocycles. The van der Waals surface area contributed by atoms with Crippen molar-refractivity contribution in [2.75, 3.05) is 6.61 Å². The number of hydrazone groups is 1. The molecule has 5 aromatic rings. The van der Waals surface area contributed by atoms with Gasteiger partial charge in [-0.1, -0.05) is 78.3 Å². The highest BCUT2D eigenvalue weighted by Gasteiger charge is 2.18. The van der Waals surface area contributed by atoms with E-state index in [0.717, 1.165) is 22.9 Å². The smallest absolute Gasteiger partial charge is 0.283 e. The summed E-state index contributed by atoms with van der Waals surface area (Å²) >= 11 is 6.94. The van der Waals surface area contributed by atoms with Crippen LogP contribution in [0.3, 0.4) is 0 Å². The molecule has 0 atom stereocenters. The van der Waals surface area contributed by atoms with E-state index in [2.05, 4.69) is 10.5 Å². The van der Waals surface area contributed by atoms with Crippen molar-refractivity contribution in [1.82, 2.24) is 15.4 Å². The largest absolute Gasteiger partial charge is 0.484 e. The Balaban J connectivity index is 1.33. The second-order valence-electron chi connectivity index (χ2n) is 8.78. The van der Waals surface area contributed by atoms with Gasteiger partial charge in [0.2, 0.25) is 0 Å². The maximum atomic E-state index is 12.1. The van der Waals surface area contributed by atoms with Gasteiger partial charge in [0, 0.05) is 27.8 Å². The topological polar surface area (TPSA) is 120 Å². The molecule has 0 aliphatic carbocycles. The number of nitro groups is 1. The van der Waals surface area contributed by atoms with E-state index < -0.39 is 10.8 Å². The zero-order chi connectivity index (χ0) is 29.3. The molecule has 4 aromatic carbocycles. The highest BCUT2D eigenvalue weighted by Crippen LogP contribution is 2.35. The first-order chi connectivity index (χ1) is 20.4. The van der Waals surface area contributed by atoms with Crippen LogP contribution in [0.5, 0.6) is 5.75 Å². The highest BCUT2D eigenvalue weighted by atomic mass is 35.5. The molecule has 11 heteroatoms. The number of carbonyl (C=O) groups excluding carboxylic acids is 1. The van der Waals surface area contributed by atoms with Gasteiger partial charge < -0.3 is 4.74 Å². The quantitative estimate of drug-likeness (QED) is 0.0794. The third-order valence-electron chi connectivity index (χ3n) is 5.81. The Morgan fingerprint density at radius 1 is 0.905 bits per heavy atom. The molecule has 1 amide bonds. The molecule has 208 valence electrons. The Morgan fingerprint density at radius 2 is 1.52 bits per heavy atom. The van der Waals surface area contributed by atoms with Gasteiger partial charge in [0.15, 0.2) is 11.8 Å². The Bertz CT molecular complexity index is 1680. The van der Waals surface area contributed by atoms with Gasteiger partial charge in [-0.15, -0.1) is 0 Å². The number of amides is 1. The molecule has 1 N–H and O–H groups in total. The summed E-state index contributed by atoms with van der Waals surface area (Å²) < 4.78 is 5.37. The van der Waals surface area contributed by atoms with Crippen molar-refractivity contribution in [1.29, 1.82) is 0 Å². The summed E-state index contributed by atoms with van der Waals surface area (Å²) in [6, 6.07) is 32.5. The monoisotopic (exact) mass is 595 g/mol. The first kappa shape index (κ1) is 28.5. The summed E-state index contributed by atoms with van der Waals surface area (Å²) in [6.45, 7) is -0.262. The summed E-state index contributed by atoms with van der Waals surface area (Å²) in [7, 11) is 0. The molecule has 42 heavy (non-hydrogen) atoms. The SMILES string of the molecule is O=C(COc1ccc(Cl)cc1)N/N=C/c1ccc(Sc2nc(-c3ccccc3)cc(-c3ccccc3)n2)c([N+](=O)[O-])c1. The minimum Gasteiger partial charge on any atom is -0.484 e. The van der Waals surface area contributed by atoms with Gasteiger partial charge in [-0.25, -0.2) is 15.4 Å². The van der Waals surface area contributed by atoms with Crippen LogP contribution < -0.4 is 10.2 Å². The van der Waals surface area contributed by atoms with Crippen molar-refractivity contribution in [2.45, 2.75) is 10.1 Å². The third-order valence-corrected chi connectivity index (χ3v) is 6.99. The lowest BCUT2D eigenvalue weighted by molar-refractivity contribution is -0.387. The zero-order valence-electron chi connectivity index (χ0n) is 21.9. The van der Waals surface area contributed by atoms with Crippen LogP contribution in [-0.2, 0) is 4.79 Å². The van der Waals surface area contributed by atoms with Crippen molar-refractivity contribution in [3.8, 4) is 28.3 Å². The number of carbonyl (C=O) groups is 1. The van der Waals surface area contributed by atoms with Gasteiger partial charge >= 0.3 is 0 Å². The van der Waals surface area contributed by atoms with Gasteiger partial charge in [0.05, 0.1) is 27.4 Å². The van der Waals surface area contributed by atoms with Crippen LogP contribution in [0.1, 0.15) is 5.56 Å². The van der Waals surface area contributed by atoms with Gasteiger partial charge in [0.1, 0.15) is 5.75 Å². The second-order valence-corrected chi connectivity index (χ2v) is 10.2. The normalized spacial score (nSPS) is 10.9. The summed E-state index contributed by atoms with van der Waals surface area (Å²) in [4.78, 5) is 33.3. The molecule has 0 fully saturated rings. The Kier molecular flexibility index (Phi) is 9.17. The van der Waals surface area contributed by atoms with Crippen LogP contribution in [0.25, 0.3) is 22.5 Å². The van der Waals surface area contributed by atoms with E-state index in [4.69, 9.17) is 26.3 Å². The second kappa shape index (κ2) is 13.5. The maximum Gasteiger partial charge on any atom is 0.283 e. The number of ether oxygens (including phenoxy) is 1. The van der Waals surface area contributed by atoms with Crippen molar-refractivity contribution < 1.29 is 14.5 Å². The number of nitro benzene ring substituents is 1. The number of rotatable bonds is 10. The zero-order valence-corrected chi connectivity index (χ0v) is 23.5. The molecular weight excluding hydrogens is 574 g/mol. The van der Waals surface area contributed by atoms with Crippen molar-refractivity contribution in [3.05, 3.63) is 130 Å². The van der Waals surface area contributed by atoms with E-state index in [0.29, 0.717) is 37.8 Å². The average molecular weight is 596 g/mol. The van der Waals surface area contributed by atoms with E-state index in [9.17, 15) is 14.9 Å². The summed E-state index contributed by atoms with van der Waals surface area (Å²) in [5.41, 5.74) is 5.84. The van der Waals surface area contributed by atoms with Crippen molar-refractivity contribution >= 4 is 41.2 Å². The summed E-state index contributed by atoms with van der Waals surface area (Å²) in [5, 5.41) is 16.8. The molecule has 1 aromatic heterocycles. The lowest BCUT2D eigenvalue weighted by atomic mass is 10.1. The Hall–Kier alpha value is -5.06. The van der Waals surface area contributed by atoms with Gasteiger partial charge in [0.25, 0.3) is 11.6 Å². The first-order valence-electron chi connectivity index (χ1n) is 12.6. The minimum absolute atomic E-state index is 0.142. The van der Waals surface area contributed by atoms with Crippen LogP contribution in [-0.4, -0.2) is 33.6 Å². The number of halogens is 1. The molecule has 0 saturated heterocycles. The van der Waals surface area contributed by atoms with Crippen molar-refractivity contribution in [3.63, 3.8) is 0 Å². The number of hydrogen-bond acceptors (Lipinski definition) is 8. The fraction of sp³-hybridized carbons (Fsp3) is 0.0323. The third kappa shape index (κ3) is 7.57. The summed E-state index contributed by atoms with van der Waals surface area (Å²) in [6.07, 6.45) is 1.32. The van der Waals surface area contributed by atoms with E-state index >= 15 is 0 Å². The average Bonchev–Trinajstić information content (AvgIpc) is 3.02. The van der Waals surface area contributed by atoms with Crippen LogP contribution in [0.15, 0.2) is 124 Å². The predicted octanol–water partition coefficient (Wildman–Crippen LogP) is 7.05. The fourth-order valence-electron chi connectivity index (χ4n) is 3.82. The van der Waals surface area contributed by atoms with Crippen LogP contribution >= 0.6 is 23.4 Å². The number of nitrogens with zero attached hydrogens (tertiary/aromatic N) is 4. The molecule has 0 aliphatic rings. The molecule has 5 rings (SSSR count). The molecular formula is C31H22ClN5O4S. The number of hydrogen-bond donors (Lipinski definition) is 1. The van der Waals surface area contributed by atoms with E-state index in [1.165, 1.54) is 12.3 Å². The summed E-state index contributed by atoms with van der Waals surface area (Å²) in [5.74, 6) is -0.0102. The highest BCUT2D eigenvalue weighted by molar-refractivity contribution is 7.99. The number of nitrogens with one attached hydrogen (secondary N) is 1. The molecule has 1 heterocycles. The Labute approximate surface area is 250 Å². The standard InChI is InChI=1S/C31H22ClN5O4S/c32-24-12-14-25(15-13-24)41-20-30(38)36-33-19-21-11-16-29(28(17-21)37(39)40)42-31-34-26(22-7-3-1-4-8-22)18-27(35-31)23-9-5-2-6-10-23/h1-19H,20H2,(H,36,38)/b33-19+. The van der Waals surface area contributed by atoms with Crippen LogP contribution in [0, 0.1) is 10.1 Å².